The van der Waals surface area contributed by atoms with Gasteiger partial charge in [-0.15, -0.1) is 0 Å². The second-order valence-corrected chi connectivity index (χ2v) is 7.52. The molecule has 4 rings (SSSR count). The highest BCUT2D eigenvalue weighted by Crippen LogP contribution is 2.49. The Morgan fingerprint density at radius 3 is 2.15 bits per heavy atom. The van der Waals surface area contributed by atoms with Gasteiger partial charge in [0.1, 0.15) is 0 Å². The van der Waals surface area contributed by atoms with Crippen molar-refractivity contribution in [2.45, 2.75) is 57.4 Å². The molecule has 1 aromatic rings. The molecule has 0 spiro atoms. The predicted molar refractivity (Wildman–Crippen MR) is 83.9 cm³/mol. The fourth-order valence-corrected chi connectivity index (χ4v) is 3.97. The van der Waals surface area contributed by atoms with Gasteiger partial charge in [-0.2, -0.15) is 0 Å². The Hall–Kier alpha value is -0.820. The summed E-state index contributed by atoms with van der Waals surface area (Å²) in [6.45, 7) is 3.48. The number of aryl methyl sites for hydroxylation is 1. The second-order valence-electron chi connectivity index (χ2n) is 7.52. The van der Waals surface area contributed by atoms with Crippen LogP contribution in [0.2, 0.25) is 0 Å². The highest BCUT2D eigenvalue weighted by Gasteiger charge is 2.41. The average Bonchev–Trinajstić information content (AvgIpc) is 3.25. The molecule has 108 valence electrons. The molecule has 3 fully saturated rings. The van der Waals surface area contributed by atoms with Crippen LogP contribution < -0.4 is 5.32 Å². The van der Waals surface area contributed by atoms with Gasteiger partial charge in [0.15, 0.2) is 0 Å². The molecular weight excluding hydrogens is 242 g/mol. The molecule has 0 unspecified atom stereocenters. The third-order valence-corrected chi connectivity index (χ3v) is 5.78. The van der Waals surface area contributed by atoms with Crippen LogP contribution >= 0.6 is 0 Å². The van der Waals surface area contributed by atoms with E-state index in [-0.39, 0.29) is 0 Å². The third kappa shape index (κ3) is 2.79. The lowest BCUT2D eigenvalue weighted by atomic mass is 9.75. The van der Waals surface area contributed by atoms with Crippen molar-refractivity contribution in [1.29, 1.82) is 0 Å². The SMILES string of the molecule is Cc1ccc(C2CC(NCC(C3CC3)C3CC3)C2)cc1. The molecular formula is C19H27N. The van der Waals surface area contributed by atoms with Crippen LogP contribution in [0.1, 0.15) is 55.6 Å². The molecule has 1 nitrogen and oxygen atoms in total. The van der Waals surface area contributed by atoms with Crippen LogP contribution in [0.3, 0.4) is 0 Å². The van der Waals surface area contributed by atoms with Crippen molar-refractivity contribution in [3.05, 3.63) is 35.4 Å². The predicted octanol–water partition coefficient (Wildman–Crippen LogP) is 4.27. The molecule has 0 amide bonds. The minimum absolute atomic E-state index is 0.793. The Bertz CT molecular complexity index is 437. The molecule has 1 N–H and O–H groups in total. The van der Waals surface area contributed by atoms with E-state index in [0.29, 0.717) is 0 Å². The molecule has 3 aliphatic rings. The van der Waals surface area contributed by atoms with E-state index in [9.17, 15) is 0 Å². The van der Waals surface area contributed by atoms with Gasteiger partial charge in [0.05, 0.1) is 0 Å². The lowest BCUT2D eigenvalue weighted by molar-refractivity contribution is 0.259. The molecule has 0 heterocycles. The monoisotopic (exact) mass is 269 g/mol. The Morgan fingerprint density at radius 1 is 1.00 bits per heavy atom. The molecule has 3 aliphatic carbocycles. The first-order chi connectivity index (χ1) is 9.79. The third-order valence-electron chi connectivity index (χ3n) is 5.78. The van der Waals surface area contributed by atoms with E-state index in [1.54, 1.807) is 5.56 Å². The maximum absolute atomic E-state index is 3.87. The normalized spacial score (nSPS) is 29.5. The topological polar surface area (TPSA) is 12.0 Å². The summed E-state index contributed by atoms with van der Waals surface area (Å²) in [6.07, 6.45) is 8.76. The Balaban J connectivity index is 1.23. The molecule has 0 saturated heterocycles. The summed E-state index contributed by atoms with van der Waals surface area (Å²) in [5.74, 6) is 4.01. The van der Waals surface area contributed by atoms with Gasteiger partial charge in [-0.05, 0) is 81.2 Å². The summed E-state index contributed by atoms with van der Waals surface area (Å²) in [5.41, 5.74) is 2.93. The summed E-state index contributed by atoms with van der Waals surface area (Å²) < 4.78 is 0. The number of hydrogen-bond donors (Lipinski definition) is 1. The van der Waals surface area contributed by atoms with Gasteiger partial charge in [0.25, 0.3) is 0 Å². The van der Waals surface area contributed by atoms with Crippen molar-refractivity contribution >= 4 is 0 Å². The van der Waals surface area contributed by atoms with E-state index in [1.807, 2.05) is 0 Å². The molecule has 3 saturated carbocycles. The van der Waals surface area contributed by atoms with Gasteiger partial charge >= 0.3 is 0 Å². The fourth-order valence-electron chi connectivity index (χ4n) is 3.97. The molecule has 0 aliphatic heterocycles. The zero-order chi connectivity index (χ0) is 13.5. The van der Waals surface area contributed by atoms with E-state index >= 15 is 0 Å². The molecule has 1 heteroatoms. The van der Waals surface area contributed by atoms with Crippen LogP contribution in [-0.2, 0) is 0 Å². The Labute approximate surface area is 123 Å². The standard InChI is InChI=1S/C19H27N/c1-13-2-4-14(5-3-13)17-10-18(11-17)20-12-19(15-6-7-15)16-8-9-16/h2-5,15-20H,6-12H2,1H3. The summed E-state index contributed by atoms with van der Waals surface area (Å²) in [6, 6.07) is 9.96. The van der Waals surface area contributed by atoms with Gasteiger partial charge in [-0.1, -0.05) is 29.8 Å². The zero-order valence-corrected chi connectivity index (χ0v) is 12.6. The lowest BCUT2D eigenvalue weighted by Crippen LogP contribution is -2.42. The van der Waals surface area contributed by atoms with Crippen molar-refractivity contribution < 1.29 is 0 Å². The van der Waals surface area contributed by atoms with Gasteiger partial charge in [-0.3, -0.25) is 0 Å². The second kappa shape index (κ2) is 5.18. The zero-order valence-electron chi connectivity index (χ0n) is 12.6. The van der Waals surface area contributed by atoms with Gasteiger partial charge in [0.2, 0.25) is 0 Å². The number of nitrogens with one attached hydrogen (secondary N) is 1. The first-order valence-corrected chi connectivity index (χ1v) is 8.59. The maximum Gasteiger partial charge on any atom is 0.00788 e. The molecule has 0 bridgehead atoms. The first kappa shape index (κ1) is 12.9. The number of rotatable bonds is 6. The number of hydrogen-bond acceptors (Lipinski definition) is 1. The largest absolute Gasteiger partial charge is 0.314 e. The van der Waals surface area contributed by atoms with Crippen LogP contribution in [-0.4, -0.2) is 12.6 Å². The Morgan fingerprint density at radius 2 is 1.60 bits per heavy atom. The summed E-state index contributed by atoms with van der Waals surface area (Å²) in [5, 5.41) is 3.87. The molecule has 0 radical (unpaired) electrons. The lowest BCUT2D eigenvalue weighted by Gasteiger charge is -2.37. The highest BCUT2D eigenvalue weighted by atomic mass is 14.9. The van der Waals surface area contributed by atoms with Crippen molar-refractivity contribution in [2.75, 3.05) is 6.54 Å². The van der Waals surface area contributed by atoms with Crippen LogP contribution in [0.15, 0.2) is 24.3 Å². The molecule has 0 atom stereocenters. The Kier molecular flexibility index (Phi) is 3.34. The highest BCUT2D eigenvalue weighted by molar-refractivity contribution is 5.26. The van der Waals surface area contributed by atoms with Crippen LogP contribution in [0, 0.1) is 24.7 Å². The summed E-state index contributed by atoms with van der Waals surface area (Å²) in [7, 11) is 0. The van der Waals surface area contributed by atoms with E-state index in [4.69, 9.17) is 0 Å². The summed E-state index contributed by atoms with van der Waals surface area (Å²) >= 11 is 0. The minimum Gasteiger partial charge on any atom is -0.314 e. The van der Waals surface area contributed by atoms with Crippen LogP contribution in [0.4, 0.5) is 0 Å². The maximum atomic E-state index is 3.87. The van der Waals surface area contributed by atoms with Crippen molar-refractivity contribution in [1.82, 2.24) is 5.32 Å². The molecule has 20 heavy (non-hydrogen) atoms. The first-order valence-electron chi connectivity index (χ1n) is 8.59. The van der Waals surface area contributed by atoms with Gasteiger partial charge in [-0.25, -0.2) is 0 Å². The van der Waals surface area contributed by atoms with Gasteiger partial charge < -0.3 is 5.32 Å². The van der Waals surface area contributed by atoms with Crippen molar-refractivity contribution in [3.8, 4) is 0 Å². The van der Waals surface area contributed by atoms with E-state index in [0.717, 1.165) is 29.7 Å². The van der Waals surface area contributed by atoms with Crippen LogP contribution in [0.5, 0.6) is 0 Å². The quantitative estimate of drug-likeness (QED) is 0.813. The van der Waals surface area contributed by atoms with Crippen molar-refractivity contribution in [3.63, 3.8) is 0 Å². The van der Waals surface area contributed by atoms with E-state index in [2.05, 4.69) is 36.5 Å². The van der Waals surface area contributed by atoms with E-state index < -0.39 is 0 Å². The number of benzene rings is 1. The smallest absolute Gasteiger partial charge is 0.00788 e. The fraction of sp³-hybridized carbons (Fsp3) is 0.684. The minimum atomic E-state index is 0.793. The summed E-state index contributed by atoms with van der Waals surface area (Å²) in [4.78, 5) is 0. The average molecular weight is 269 g/mol. The molecule has 0 aromatic heterocycles. The van der Waals surface area contributed by atoms with Gasteiger partial charge in [0, 0.05) is 6.04 Å². The van der Waals surface area contributed by atoms with Crippen molar-refractivity contribution in [2.24, 2.45) is 17.8 Å². The van der Waals surface area contributed by atoms with E-state index in [1.165, 1.54) is 50.6 Å². The van der Waals surface area contributed by atoms with Crippen LogP contribution in [0.25, 0.3) is 0 Å². The molecule has 1 aromatic carbocycles.